The molecule has 4 rings (SSSR count). The van der Waals surface area contributed by atoms with Crippen LogP contribution in [-0.2, 0) is 4.74 Å². The molecule has 0 aliphatic carbocycles. The summed E-state index contributed by atoms with van der Waals surface area (Å²) in [5.41, 5.74) is -0.498. The number of benzene rings is 1. The number of hydrogen-bond donors (Lipinski definition) is 1. The Morgan fingerprint density at radius 3 is 2.80 bits per heavy atom. The molecule has 1 N–H and O–H groups in total. The molecule has 3 aliphatic heterocycles. The van der Waals surface area contributed by atoms with Crippen molar-refractivity contribution < 1.29 is 24.1 Å². The maximum absolute atomic E-state index is 12.9. The van der Waals surface area contributed by atoms with Crippen LogP contribution < -0.4 is 9.47 Å². The van der Waals surface area contributed by atoms with Gasteiger partial charge in [-0.25, -0.2) is 0 Å². The normalized spacial score (nSPS) is 26.7. The molecule has 7 heteroatoms. The minimum Gasteiger partial charge on any atom is -0.454 e. The minimum absolute atomic E-state index is 0.122. The van der Waals surface area contributed by atoms with Crippen LogP contribution >= 0.6 is 0 Å². The third kappa shape index (κ3) is 3.58. The van der Waals surface area contributed by atoms with Crippen LogP contribution in [0.3, 0.4) is 0 Å². The Hall–Kier alpha value is -1.83. The fourth-order valence-corrected chi connectivity index (χ4v) is 3.75. The highest BCUT2D eigenvalue weighted by Crippen LogP contribution is 2.33. The van der Waals surface area contributed by atoms with E-state index in [1.165, 1.54) is 0 Å². The van der Waals surface area contributed by atoms with Gasteiger partial charge in [0.05, 0.1) is 19.8 Å². The molecule has 136 valence electrons. The zero-order chi connectivity index (χ0) is 17.3. The lowest BCUT2D eigenvalue weighted by atomic mass is 10.0. The van der Waals surface area contributed by atoms with Gasteiger partial charge >= 0.3 is 0 Å². The van der Waals surface area contributed by atoms with E-state index in [-0.39, 0.29) is 25.9 Å². The Labute approximate surface area is 147 Å². The van der Waals surface area contributed by atoms with Gasteiger partial charge in [0.25, 0.3) is 5.91 Å². The standard InChI is InChI=1S/C18H24N2O5/c21-17(14-3-4-15-16(9-14)25-13-24-15)20-7-8-23-12-18(22,11-20)10-19-5-1-2-6-19/h3-4,9,22H,1-2,5-8,10-13H2. The van der Waals surface area contributed by atoms with Gasteiger partial charge in [-0.3, -0.25) is 4.79 Å². The minimum atomic E-state index is -1.03. The smallest absolute Gasteiger partial charge is 0.254 e. The van der Waals surface area contributed by atoms with Gasteiger partial charge in [-0.15, -0.1) is 0 Å². The number of β-amino-alcohol motifs (C(OH)–C–C–N with tert-alkyl or cyclic N) is 1. The highest BCUT2D eigenvalue weighted by molar-refractivity contribution is 5.95. The molecule has 7 nitrogen and oxygen atoms in total. The summed E-state index contributed by atoms with van der Waals surface area (Å²) in [4.78, 5) is 16.9. The van der Waals surface area contributed by atoms with Crippen molar-refractivity contribution in [3.63, 3.8) is 0 Å². The molecule has 0 radical (unpaired) electrons. The number of hydrogen-bond acceptors (Lipinski definition) is 6. The van der Waals surface area contributed by atoms with Crippen molar-refractivity contribution in [1.82, 2.24) is 9.80 Å². The highest BCUT2D eigenvalue weighted by atomic mass is 16.7. The first-order valence-electron chi connectivity index (χ1n) is 8.84. The zero-order valence-corrected chi connectivity index (χ0v) is 14.3. The predicted molar refractivity (Wildman–Crippen MR) is 89.9 cm³/mol. The quantitative estimate of drug-likeness (QED) is 0.868. The van der Waals surface area contributed by atoms with Crippen LogP contribution in [0.2, 0.25) is 0 Å². The van der Waals surface area contributed by atoms with Crippen molar-refractivity contribution in [3.8, 4) is 11.5 Å². The second-order valence-corrected chi connectivity index (χ2v) is 7.05. The maximum atomic E-state index is 12.9. The molecule has 1 amide bonds. The number of fused-ring (bicyclic) bond motifs is 1. The van der Waals surface area contributed by atoms with Gasteiger partial charge in [-0.2, -0.15) is 0 Å². The number of likely N-dealkylation sites (tertiary alicyclic amines) is 1. The summed E-state index contributed by atoms with van der Waals surface area (Å²) in [5.74, 6) is 1.12. The summed E-state index contributed by atoms with van der Waals surface area (Å²) >= 11 is 0. The molecular formula is C18H24N2O5. The van der Waals surface area contributed by atoms with Crippen LogP contribution in [0.15, 0.2) is 18.2 Å². The van der Waals surface area contributed by atoms with Crippen molar-refractivity contribution in [3.05, 3.63) is 23.8 Å². The highest BCUT2D eigenvalue weighted by Gasteiger charge is 2.37. The third-order valence-electron chi connectivity index (χ3n) is 4.98. The van der Waals surface area contributed by atoms with E-state index in [4.69, 9.17) is 14.2 Å². The van der Waals surface area contributed by atoms with Crippen molar-refractivity contribution in [1.29, 1.82) is 0 Å². The first kappa shape index (κ1) is 16.6. The lowest BCUT2D eigenvalue weighted by Crippen LogP contribution is -2.53. The van der Waals surface area contributed by atoms with Crippen LogP contribution in [0.1, 0.15) is 23.2 Å². The SMILES string of the molecule is O=C(c1ccc2c(c1)OCO2)N1CCOCC(O)(CN2CCCC2)C1. The Morgan fingerprint density at radius 2 is 1.96 bits per heavy atom. The summed E-state index contributed by atoms with van der Waals surface area (Å²) in [6, 6.07) is 5.19. The number of aliphatic hydroxyl groups is 1. The summed E-state index contributed by atoms with van der Waals surface area (Å²) in [6.07, 6.45) is 2.33. The summed E-state index contributed by atoms with van der Waals surface area (Å²) in [6.45, 7) is 4.15. The Morgan fingerprint density at radius 1 is 1.16 bits per heavy atom. The van der Waals surface area contributed by atoms with Crippen LogP contribution in [0, 0.1) is 0 Å². The van der Waals surface area contributed by atoms with E-state index in [1.54, 1.807) is 23.1 Å². The van der Waals surface area contributed by atoms with Gasteiger partial charge < -0.3 is 29.1 Å². The number of nitrogens with zero attached hydrogens (tertiary/aromatic N) is 2. The number of amides is 1. The van der Waals surface area contributed by atoms with E-state index in [0.29, 0.717) is 36.8 Å². The number of carbonyl (C=O) groups excluding carboxylic acids is 1. The largest absolute Gasteiger partial charge is 0.454 e. The molecule has 3 heterocycles. The van der Waals surface area contributed by atoms with E-state index in [2.05, 4.69) is 4.90 Å². The van der Waals surface area contributed by atoms with E-state index in [9.17, 15) is 9.90 Å². The fourth-order valence-electron chi connectivity index (χ4n) is 3.75. The van der Waals surface area contributed by atoms with Gasteiger partial charge in [0, 0.05) is 18.7 Å². The lowest BCUT2D eigenvalue weighted by molar-refractivity contribution is -0.0524. The van der Waals surface area contributed by atoms with E-state index in [0.717, 1.165) is 25.9 Å². The predicted octanol–water partition coefficient (Wildman–Crippen LogP) is 0.715. The second-order valence-electron chi connectivity index (χ2n) is 7.05. The van der Waals surface area contributed by atoms with Gasteiger partial charge in [0.2, 0.25) is 6.79 Å². The van der Waals surface area contributed by atoms with E-state index >= 15 is 0 Å². The third-order valence-corrected chi connectivity index (χ3v) is 4.98. The molecule has 1 atom stereocenters. The molecule has 1 aromatic carbocycles. The van der Waals surface area contributed by atoms with E-state index < -0.39 is 5.60 Å². The number of carbonyl (C=O) groups is 1. The van der Waals surface area contributed by atoms with Crippen LogP contribution in [-0.4, -0.2) is 79.1 Å². The van der Waals surface area contributed by atoms with Gasteiger partial charge in [0.15, 0.2) is 11.5 Å². The lowest BCUT2D eigenvalue weighted by Gasteiger charge is -2.34. The van der Waals surface area contributed by atoms with Crippen LogP contribution in [0.5, 0.6) is 11.5 Å². The molecule has 0 bridgehead atoms. The summed E-state index contributed by atoms with van der Waals surface area (Å²) in [5, 5.41) is 11.0. The molecule has 2 fully saturated rings. The number of rotatable bonds is 3. The molecule has 0 aromatic heterocycles. The Balaban J connectivity index is 1.49. The molecule has 3 aliphatic rings. The second kappa shape index (κ2) is 6.82. The summed E-state index contributed by atoms with van der Waals surface area (Å²) < 4.78 is 16.2. The molecule has 1 aromatic rings. The van der Waals surface area contributed by atoms with Crippen molar-refractivity contribution in [2.24, 2.45) is 0 Å². The van der Waals surface area contributed by atoms with Crippen LogP contribution in [0.4, 0.5) is 0 Å². The average molecular weight is 348 g/mol. The first-order chi connectivity index (χ1) is 12.1. The average Bonchev–Trinajstić information content (AvgIpc) is 3.23. The summed E-state index contributed by atoms with van der Waals surface area (Å²) in [7, 11) is 0. The molecule has 25 heavy (non-hydrogen) atoms. The Kier molecular flexibility index (Phi) is 4.54. The van der Waals surface area contributed by atoms with Crippen molar-refractivity contribution in [2.75, 3.05) is 52.7 Å². The van der Waals surface area contributed by atoms with Gasteiger partial charge in [0.1, 0.15) is 5.60 Å². The monoisotopic (exact) mass is 348 g/mol. The van der Waals surface area contributed by atoms with Crippen molar-refractivity contribution >= 4 is 5.91 Å². The Bertz CT molecular complexity index is 646. The van der Waals surface area contributed by atoms with Gasteiger partial charge in [-0.1, -0.05) is 0 Å². The molecule has 1 unspecified atom stereocenters. The first-order valence-corrected chi connectivity index (χ1v) is 8.84. The van der Waals surface area contributed by atoms with E-state index in [1.807, 2.05) is 0 Å². The van der Waals surface area contributed by atoms with Gasteiger partial charge in [-0.05, 0) is 44.1 Å². The topological polar surface area (TPSA) is 71.5 Å². The number of ether oxygens (including phenoxy) is 3. The molecular weight excluding hydrogens is 324 g/mol. The van der Waals surface area contributed by atoms with Crippen molar-refractivity contribution in [2.45, 2.75) is 18.4 Å². The molecule has 0 spiro atoms. The maximum Gasteiger partial charge on any atom is 0.254 e. The fraction of sp³-hybridized carbons (Fsp3) is 0.611. The zero-order valence-electron chi connectivity index (χ0n) is 14.3. The molecule has 2 saturated heterocycles. The van der Waals surface area contributed by atoms with Crippen LogP contribution in [0.25, 0.3) is 0 Å². The molecule has 0 saturated carbocycles.